The van der Waals surface area contributed by atoms with Crippen molar-refractivity contribution in [1.29, 1.82) is 0 Å². The van der Waals surface area contributed by atoms with Crippen LogP contribution in [0, 0.1) is 0 Å². The van der Waals surface area contributed by atoms with Crippen LogP contribution in [0.4, 0.5) is 0 Å². The van der Waals surface area contributed by atoms with Crippen molar-refractivity contribution < 1.29 is 0 Å². The minimum Gasteiger partial charge on any atom is -0.297 e. The van der Waals surface area contributed by atoms with Crippen LogP contribution in [0.2, 0.25) is 0 Å². The van der Waals surface area contributed by atoms with Gasteiger partial charge in [-0.15, -0.1) is 6.58 Å². The monoisotopic (exact) mass is 195 g/mol. The molecule has 1 nitrogen and oxygen atoms in total. The van der Waals surface area contributed by atoms with Gasteiger partial charge in [-0.25, -0.2) is 0 Å². The van der Waals surface area contributed by atoms with Crippen molar-refractivity contribution in [3.63, 3.8) is 0 Å². The molecule has 0 heterocycles. The molecule has 0 bridgehead atoms. The van der Waals surface area contributed by atoms with E-state index in [1.165, 1.54) is 11.1 Å². The van der Waals surface area contributed by atoms with Crippen molar-refractivity contribution >= 4 is 0 Å². The molecule has 0 fully saturated rings. The summed E-state index contributed by atoms with van der Waals surface area (Å²) >= 11 is 0. The minimum absolute atomic E-state index is 0.492. The van der Waals surface area contributed by atoms with Gasteiger partial charge >= 0.3 is 0 Å². The van der Waals surface area contributed by atoms with E-state index in [-0.39, 0.29) is 0 Å². The Morgan fingerprint density at radius 1 is 1.21 bits per heavy atom. The largest absolute Gasteiger partial charge is 0.297 e. The molecule has 0 amide bonds. The summed E-state index contributed by atoms with van der Waals surface area (Å²) in [6.07, 6.45) is 2.23. The van der Waals surface area contributed by atoms with Crippen LogP contribution in [-0.2, 0) is 0 Å². The molecule has 0 aliphatic heterocycles. The Balaban J connectivity index is 4.29. The Morgan fingerprint density at radius 2 is 1.71 bits per heavy atom. The highest BCUT2D eigenvalue weighted by atomic mass is 15.1. The van der Waals surface area contributed by atoms with Gasteiger partial charge in [0, 0.05) is 12.1 Å². The average molecular weight is 195 g/mol. The Hall–Kier alpha value is -0.560. The summed E-state index contributed by atoms with van der Waals surface area (Å²) in [7, 11) is 2.17. The first kappa shape index (κ1) is 13.4. The first-order chi connectivity index (χ1) is 6.36. The van der Waals surface area contributed by atoms with Crippen LogP contribution in [-0.4, -0.2) is 24.0 Å². The van der Waals surface area contributed by atoms with Gasteiger partial charge < -0.3 is 0 Å². The first-order valence-corrected chi connectivity index (χ1v) is 5.38. The molecule has 14 heavy (non-hydrogen) atoms. The number of nitrogens with zero attached hydrogens (tertiary/aromatic N) is 1. The molecule has 0 saturated heterocycles. The highest BCUT2D eigenvalue weighted by Crippen LogP contribution is 2.17. The van der Waals surface area contributed by atoms with Crippen LogP contribution in [0.3, 0.4) is 0 Å². The zero-order valence-electron chi connectivity index (χ0n) is 10.4. The summed E-state index contributed by atoms with van der Waals surface area (Å²) in [5.41, 5.74) is 2.51. The van der Waals surface area contributed by atoms with Crippen molar-refractivity contribution in [3.8, 4) is 0 Å². The van der Waals surface area contributed by atoms with E-state index in [4.69, 9.17) is 0 Å². The smallest absolute Gasteiger partial charge is 0.0304 e. The summed E-state index contributed by atoms with van der Waals surface area (Å²) < 4.78 is 0. The number of rotatable bonds is 6. The lowest BCUT2D eigenvalue weighted by Crippen LogP contribution is -2.37. The molecular weight excluding hydrogens is 170 g/mol. The van der Waals surface area contributed by atoms with Crippen LogP contribution in [0.5, 0.6) is 0 Å². The third-order valence-electron chi connectivity index (χ3n) is 2.72. The number of likely N-dealkylation sites (N-methyl/N-ethyl adjacent to an activating group) is 1. The Bertz CT molecular complexity index is 203. The molecule has 0 N–H and O–H groups in total. The summed E-state index contributed by atoms with van der Waals surface area (Å²) in [4.78, 5) is 2.38. The van der Waals surface area contributed by atoms with E-state index in [0.29, 0.717) is 12.1 Å². The number of hydrogen-bond donors (Lipinski definition) is 0. The van der Waals surface area contributed by atoms with Gasteiger partial charge in [-0.05, 0) is 47.6 Å². The van der Waals surface area contributed by atoms with E-state index in [9.17, 15) is 0 Å². The van der Waals surface area contributed by atoms with E-state index >= 15 is 0 Å². The van der Waals surface area contributed by atoms with Gasteiger partial charge in [0.2, 0.25) is 0 Å². The maximum atomic E-state index is 4.07. The van der Waals surface area contributed by atoms with Crippen molar-refractivity contribution in [1.82, 2.24) is 4.90 Å². The Kier molecular flexibility index (Phi) is 5.78. The van der Waals surface area contributed by atoms with Gasteiger partial charge in [0.1, 0.15) is 0 Å². The summed E-state index contributed by atoms with van der Waals surface area (Å²) in [5.74, 6) is 0. The van der Waals surface area contributed by atoms with E-state index < -0.39 is 0 Å². The van der Waals surface area contributed by atoms with Crippen LogP contribution in [0.1, 0.15) is 40.5 Å². The van der Waals surface area contributed by atoms with Gasteiger partial charge in [0.25, 0.3) is 0 Å². The van der Waals surface area contributed by atoms with Crippen molar-refractivity contribution in [2.24, 2.45) is 0 Å². The lowest BCUT2D eigenvalue weighted by molar-refractivity contribution is 0.211. The Morgan fingerprint density at radius 3 is 2.00 bits per heavy atom. The normalized spacial score (nSPS) is 13.4. The van der Waals surface area contributed by atoms with Crippen molar-refractivity contribution in [3.05, 3.63) is 24.3 Å². The fraction of sp³-hybridized carbons (Fsp3) is 0.692. The molecule has 0 radical (unpaired) electrons. The lowest BCUT2D eigenvalue weighted by atomic mass is 10.00. The molecule has 0 rings (SSSR count). The fourth-order valence-electron chi connectivity index (χ4n) is 1.54. The molecular formula is C13H25N. The van der Waals surface area contributed by atoms with Crippen LogP contribution in [0.15, 0.2) is 24.3 Å². The highest BCUT2D eigenvalue weighted by Gasteiger charge is 2.17. The van der Waals surface area contributed by atoms with Crippen molar-refractivity contribution in [2.45, 2.75) is 52.6 Å². The predicted molar refractivity (Wildman–Crippen MR) is 65.5 cm³/mol. The summed E-state index contributed by atoms with van der Waals surface area (Å²) in [6, 6.07) is 1.06. The lowest BCUT2D eigenvalue weighted by Gasteiger charge is -2.32. The second-order valence-electron chi connectivity index (χ2n) is 4.62. The third-order valence-corrected chi connectivity index (χ3v) is 2.72. The quantitative estimate of drug-likeness (QED) is 0.585. The molecule has 1 atom stereocenters. The summed E-state index contributed by atoms with van der Waals surface area (Å²) in [6.45, 7) is 16.6. The predicted octanol–water partition coefficient (Wildman–Crippen LogP) is 3.63. The van der Waals surface area contributed by atoms with Crippen molar-refractivity contribution in [2.75, 3.05) is 7.05 Å². The standard InChI is InChI=1S/C13H25N/c1-10(2)8-9-13(11(3)4)14(7)12(5)6/h12-13H,1,3,8-9H2,2,4-7H3. The molecule has 0 aromatic carbocycles. The van der Waals surface area contributed by atoms with Gasteiger partial charge in [-0.1, -0.05) is 17.7 Å². The molecule has 1 heteroatoms. The van der Waals surface area contributed by atoms with E-state index in [2.05, 4.69) is 52.8 Å². The van der Waals surface area contributed by atoms with Gasteiger partial charge in [-0.3, -0.25) is 4.90 Å². The fourth-order valence-corrected chi connectivity index (χ4v) is 1.54. The average Bonchev–Trinajstić information content (AvgIpc) is 2.02. The molecule has 0 aromatic heterocycles. The van der Waals surface area contributed by atoms with E-state index in [0.717, 1.165) is 12.8 Å². The van der Waals surface area contributed by atoms with Crippen LogP contribution < -0.4 is 0 Å². The molecule has 82 valence electrons. The number of allylic oxidation sites excluding steroid dienone is 1. The van der Waals surface area contributed by atoms with E-state index in [1.54, 1.807) is 0 Å². The Labute approximate surface area is 89.5 Å². The minimum atomic E-state index is 0.492. The van der Waals surface area contributed by atoms with E-state index in [1.807, 2.05) is 0 Å². The molecule has 1 unspecified atom stereocenters. The van der Waals surface area contributed by atoms with Crippen LogP contribution >= 0.6 is 0 Å². The molecule has 0 spiro atoms. The molecule has 0 aromatic rings. The zero-order valence-corrected chi connectivity index (χ0v) is 10.4. The topological polar surface area (TPSA) is 3.24 Å². The molecule has 0 aliphatic rings. The second kappa shape index (κ2) is 6.02. The summed E-state index contributed by atoms with van der Waals surface area (Å²) in [5, 5.41) is 0. The number of hydrogen-bond acceptors (Lipinski definition) is 1. The molecule has 0 aliphatic carbocycles. The SMILES string of the molecule is C=C(C)CCC(C(=C)C)N(C)C(C)C. The maximum absolute atomic E-state index is 4.07. The first-order valence-electron chi connectivity index (χ1n) is 5.38. The van der Waals surface area contributed by atoms with Gasteiger partial charge in [0.05, 0.1) is 0 Å². The molecule has 0 saturated carbocycles. The second-order valence-corrected chi connectivity index (χ2v) is 4.62. The van der Waals surface area contributed by atoms with Crippen LogP contribution in [0.25, 0.3) is 0 Å². The highest BCUT2D eigenvalue weighted by molar-refractivity contribution is 5.04. The van der Waals surface area contributed by atoms with Gasteiger partial charge in [0.15, 0.2) is 0 Å². The van der Waals surface area contributed by atoms with Gasteiger partial charge in [-0.2, -0.15) is 0 Å². The zero-order chi connectivity index (χ0) is 11.3. The maximum Gasteiger partial charge on any atom is 0.0304 e. The third kappa shape index (κ3) is 4.61.